The summed E-state index contributed by atoms with van der Waals surface area (Å²) in [5, 5.41) is 0. The fourth-order valence-electron chi connectivity index (χ4n) is 2.69. The van der Waals surface area contributed by atoms with Gasteiger partial charge in [-0.1, -0.05) is 17.2 Å². The molecule has 0 N–H and O–H groups in total. The van der Waals surface area contributed by atoms with Crippen molar-refractivity contribution in [2.24, 2.45) is 0 Å². The van der Waals surface area contributed by atoms with E-state index in [1.807, 2.05) is 35.4 Å². The molecule has 1 aliphatic carbocycles. The Morgan fingerprint density at radius 2 is 1.79 bits per heavy atom. The van der Waals surface area contributed by atoms with Gasteiger partial charge in [-0.2, -0.15) is 0 Å². The highest BCUT2D eigenvalue weighted by atomic mass is 32.2. The molecule has 1 saturated heterocycles. The second kappa shape index (κ2) is 5.41. The number of carbonyl (C=O) groups excluding carboxylic acids is 1. The first kappa shape index (κ1) is 12.8. The van der Waals surface area contributed by atoms with Crippen molar-refractivity contribution in [2.45, 2.75) is 30.6 Å². The van der Waals surface area contributed by atoms with E-state index in [4.69, 9.17) is 0 Å². The molecule has 1 saturated carbocycles. The summed E-state index contributed by atoms with van der Waals surface area (Å²) in [4.78, 5) is 15.6. The molecule has 100 valence electrons. The lowest BCUT2D eigenvalue weighted by Gasteiger charge is -2.28. The fraction of sp³-hybridized carbons (Fsp3) is 0.438. The molecule has 1 amide bonds. The van der Waals surface area contributed by atoms with E-state index in [-0.39, 0.29) is 5.91 Å². The summed E-state index contributed by atoms with van der Waals surface area (Å²) in [6.07, 6.45) is 6.82. The van der Waals surface area contributed by atoms with Crippen LogP contribution in [-0.4, -0.2) is 30.2 Å². The SMILES string of the molecule is CSc1cccc(C(=O)N2CCC(=C3CC3)CC2)c1. The van der Waals surface area contributed by atoms with Crippen molar-refractivity contribution in [1.29, 1.82) is 0 Å². The minimum absolute atomic E-state index is 0.191. The van der Waals surface area contributed by atoms with Crippen molar-refractivity contribution in [3.63, 3.8) is 0 Å². The van der Waals surface area contributed by atoms with Crippen LogP contribution in [0.25, 0.3) is 0 Å². The maximum Gasteiger partial charge on any atom is 0.253 e. The van der Waals surface area contributed by atoms with E-state index in [0.29, 0.717) is 0 Å². The van der Waals surface area contributed by atoms with Gasteiger partial charge in [0.05, 0.1) is 0 Å². The first-order chi connectivity index (χ1) is 9.28. The van der Waals surface area contributed by atoms with E-state index < -0.39 is 0 Å². The summed E-state index contributed by atoms with van der Waals surface area (Å²) in [5.74, 6) is 0.191. The van der Waals surface area contributed by atoms with E-state index >= 15 is 0 Å². The number of likely N-dealkylation sites (tertiary alicyclic amines) is 1. The molecule has 2 fully saturated rings. The number of nitrogens with zero attached hydrogens (tertiary/aromatic N) is 1. The number of allylic oxidation sites excluding steroid dienone is 1. The first-order valence-corrected chi connectivity index (χ1v) is 8.13. The van der Waals surface area contributed by atoms with E-state index in [9.17, 15) is 4.79 Å². The van der Waals surface area contributed by atoms with Crippen LogP contribution in [0.15, 0.2) is 40.3 Å². The summed E-state index contributed by atoms with van der Waals surface area (Å²) in [7, 11) is 0. The van der Waals surface area contributed by atoms with Crippen molar-refractivity contribution >= 4 is 17.7 Å². The lowest BCUT2D eigenvalue weighted by molar-refractivity contribution is 0.0743. The molecular formula is C16H19NOS. The zero-order valence-electron chi connectivity index (χ0n) is 11.3. The number of benzene rings is 1. The van der Waals surface area contributed by atoms with Crippen LogP contribution in [0.3, 0.4) is 0 Å². The third-order valence-corrected chi connectivity index (χ3v) is 4.70. The monoisotopic (exact) mass is 273 g/mol. The number of hydrogen-bond acceptors (Lipinski definition) is 2. The quantitative estimate of drug-likeness (QED) is 0.604. The Kier molecular flexibility index (Phi) is 3.65. The van der Waals surface area contributed by atoms with Gasteiger partial charge in [-0.15, -0.1) is 11.8 Å². The number of hydrogen-bond donors (Lipinski definition) is 0. The third-order valence-electron chi connectivity index (χ3n) is 3.97. The van der Waals surface area contributed by atoms with Crippen LogP contribution in [0.5, 0.6) is 0 Å². The van der Waals surface area contributed by atoms with Gasteiger partial charge in [-0.05, 0) is 50.1 Å². The Morgan fingerprint density at radius 3 is 2.42 bits per heavy atom. The minimum atomic E-state index is 0.191. The van der Waals surface area contributed by atoms with Gasteiger partial charge in [-0.25, -0.2) is 0 Å². The standard InChI is InChI=1S/C16H19NOS/c1-19-15-4-2-3-14(11-15)16(18)17-9-7-13(8-10-17)12-5-6-12/h2-4,11H,5-10H2,1H3. The number of carbonyl (C=O) groups is 1. The van der Waals surface area contributed by atoms with Crippen LogP contribution in [0.4, 0.5) is 0 Å². The second-order valence-corrected chi connectivity index (χ2v) is 6.11. The van der Waals surface area contributed by atoms with Gasteiger partial charge in [0.2, 0.25) is 0 Å². The van der Waals surface area contributed by atoms with Crippen molar-refractivity contribution in [3.8, 4) is 0 Å². The van der Waals surface area contributed by atoms with Crippen LogP contribution in [0, 0.1) is 0 Å². The molecule has 0 radical (unpaired) electrons. The molecular weight excluding hydrogens is 254 g/mol. The molecule has 1 aromatic rings. The highest BCUT2D eigenvalue weighted by Gasteiger charge is 2.24. The van der Waals surface area contributed by atoms with E-state index in [0.717, 1.165) is 36.4 Å². The average Bonchev–Trinajstić information content (AvgIpc) is 3.31. The van der Waals surface area contributed by atoms with E-state index in [2.05, 4.69) is 0 Å². The van der Waals surface area contributed by atoms with Crippen molar-refractivity contribution in [1.82, 2.24) is 4.90 Å². The predicted molar refractivity (Wildman–Crippen MR) is 79.6 cm³/mol. The molecule has 0 spiro atoms. The molecule has 1 aromatic carbocycles. The second-order valence-electron chi connectivity index (χ2n) is 5.23. The van der Waals surface area contributed by atoms with Gasteiger partial charge in [-0.3, -0.25) is 4.79 Å². The Balaban J connectivity index is 1.68. The lowest BCUT2D eigenvalue weighted by atomic mass is 10.0. The summed E-state index contributed by atoms with van der Waals surface area (Å²) < 4.78 is 0. The van der Waals surface area contributed by atoms with Crippen molar-refractivity contribution < 1.29 is 4.79 Å². The summed E-state index contributed by atoms with van der Waals surface area (Å²) >= 11 is 1.68. The van der Waals surface area contributed by atoms with E-state index in [1.165, 1.54) is 12.8 Å². The lowest BCUT2D eigenvalue weighted by Crippen LogP contribution is -2.36. The molecule has 0 unspecified atom stereocenters. The molecule has 2 aliphatic rings. The fourth-order valence-corrected chi connectivity index (χ4v) is 3.15. The summed E-state index contributed by atoms with van der Waals surface area (Å²) in [6, 6.07) is 7.95. The van der Waals surface area contributed by atoms with E-state index in [1.54, 1.807) is 22.9 Å². The molecule has 19 heavy (non-hydrogen) atoms. The highest BCUT2D eigenvalue weighted by molar-refractivity contribution is 7.98. The van der Waals surface area contributed by atoms with Crippen LogP contribution in [-0.2, 0) is 0 Å². The zero-order valence-corrected chi connectivity index (χ0v) is 12.1. The third kappa shape index (κ3) is 2.86. The van der Waals surface area contributed by atoms with Gasteiger partial charge in [0.15, 0.2) is 0 Å². The summed E-state index contributed by atoms with van der Waals surface area (Å²) in [5.41, 5.74) is 4.12. The van der Waals surface area contributed by atoms with Crippen molar-refractivity contribution in [2.75, 3.05) is 19.3 Å². The summed E-state index contributed by atoms with van der Waals surface area (Å²) in [6.45, 7) is 1.78. The topological polar surface area (TPSA) is 20.3 Å². The smallest absolute Gasteiger partial charge is 0.253 e. The van der Waals surface area contributed by atoms with Gasteiger partial charge in [0.1, 0.15) is 0 Å². The van der Waals surface area contributed by atoms with Crippen LogP contribution in [0.1, 0.15) is 36.0 Å². The molecule has 0 aromatic heterocycles. The Labute approximate surface area is 118 Å². The predicted octanol–water partition coefficient (Wildman–Crippen LogP) is 3.73. The van der Waals surface area contributed by atoms with Crippen molar-refractivity contribution in [3.05, 3.63) is 41.0 Å². The van der Waals surface area contributed by atoms with Gasteiger partial charge in [0.25, 0.3) is 5.91 Å². The maximum absolute atomic E-state index is 12.5. The number of rotatable bonds is 2. The molecule has 1 aliphatic heterocycles. The zero-order chi connectivity index (χ0) is 13.2. The van der Waals surface area contributed by atoms with Gasteiger partial charge in [0, 0.05) is 23.5 Å². The normalized spacial score (nSPS) is 18.7. The van der Waals surface area contributed by atoms with Crippen LogP contribution in [0.2, 0.25) is 0 Å². The Hall–Kier alpha value is -1.22. The molecule has 3 heteroatoms. The van der Waals surface area contributed by atoms with Gasteiger partial charge < -0.3 is 4.90 Å². The van der Waals surface area contributed by atoms with Crippen LogP contribution >= 0.6 is 11.8 Å². The maximum atomic E-state index is 12.5. The molecule has 1 heterocycles. The van der Waals surface area contributed by atoms with Crippen LogP contribution < -0.4 is 0 Å². The first-order valence-electron chi connectivity index (χ1n) is 6.91. The molecule has 0 atom stereocenters. The number of piperidine rings is 1. The molecule has 0 bridgehead atoms. The Bertz CT molecular complexity index is 519. The number of thioether (sulfide) groups is 1. The minimum Gasteiger partial charge on any atom is -0.338 e. The van der Waals surface area contributed by atoms with Gasteiger partial charge >= 0.3 is 0 Å². The molecule has 3 rings (SSSR count). The number of amides is 1. The molecule has 2 nitrogen and oxygen atoms in total. The average molecular weight is 273 g/mol. The Morgan fingerprint density at radius 1 is 1.11 bits per heavy atom. The largest absolute Gasteiger partial charge is 0.338 e. The highest BCUT2D eigenvalue weighted by Crippen LogP contribution is 2.36.